The molecule has 6 heteroatoms. The van der Waals surface area contributed by atoms with E-state index in [0.717, 1.165) is 45.3 Å². The maximum Gasteiger partial charge on any atom is 0.409 e. The number of hydrogen-bond donors (Lipinski definition) is 1. The number of alkyl halides is 1. The van der Waals surface area contributed by atoms with Crippen molar-refractivity contribution in [3.63, 3.8) is 0 Å². The van der Waals surface area contributed by atoms with Crippen molar-refractivity contribution in [1.29, 1.82) is 0 Å². The highest BCUT2D eigenvalue weighted by Crippen LogP contribution is 2.43. The summed E-state index contributed by atoms with van der Waals surface area (Å²) in [5, 5.41) is 9.59. The van der Waals surface area contributed by atoms with E-state index >= 15 is 0 Å². The highest BCUT2D eigenvalue weighted by atomic mass is 19.1. The molecule has 0 aromatic carbocycles. The molecule has 3 fully saturated rings. The van der Waals surface area contributed by atoms with Crippen molar-refractivity contribution >= 4 is 6.09 Å². The number of aliphatic hydroxyl groups excluding tert-OH is 1. The van der Waals surface area contributed by atoms with E-state index in [9.17, 15) is 14.3 Å². The normalized spacial score (nSPS) is 37.4. The lowest BCUT2D eigenvalue weighted by Gasteiger charge is -2.32. The monoisotopic (exact) mass is 286 g/mol. The molecule has 0 bridgehead atoms. The zero-order chi connectivity index (χ0) is 14.2. The second-order valence-corrected chi connectivity index (χ2v) is 6.24. The summed E-state index contributed by atoms with van der Waals surface area (Å²) in [6, 6.07) is -0.392. The summed E-state index contributed by atoms with van der Waals surface area (Å²) < 4.78 is 19.5. The first-order valence-electron chi connectivity index (χ1n) is 7.60. The van der Waals surface area contributed by atoms with Gasteiger partial charge in [0.15, 0.2) is 0 Å². The van der Waals surface area contributed by atoms with Crippen LogP contribution in [-0.2, 0) is 4.74 Å². The first kappa shape index (κ1) is 14.1. The van der Waals surface area contributed by atoms with Crippen LogP contribution in [-0.4, -0.2) is 71.6 Å². The van der Waals surface area contributed by atoms with E-state index in [1.54, 1.807) is 4.90 Å². The van der Waals surface area contributed by atoms with Crippen LogP contribution in [0.1, 0.15) is 32.1 Å². The van der Waals surface area contributed by atoms with Crippen molar-refractivity contribution in [2.45, 2.75) is 49.9 Å². The third-order valence-electron chi connectivity index (χ3n) is 5.08. The lowest BCUT2D eigenvalue weighted by molar-refractivity contribution is 0.0364. The number of rotatable bonds is 3. The molecule has 3 rings (SSSR count). The molecule has 114 valence electrons. The zero-order valence-electron chi connectivity index (χ0n) is 11.8. The van der Waals surface area contributed by atoms with Gasteiger partial charge in [-0.25, -0.2) is 9.18 Å². The molecule has 0 aliphatic carbocycles. The Kier molecular flexibility index (Phi) is 3.86. The molecule has 1 N–H and O–H groups in total. The van der Waals surface area contributed by atoms with Crippen LogP contribution in [0.4, 0.5) is 9.18 Å². The van der Waals surface area contributed by atoms with Gasteiger partial charge in [0, 0.05) is 25.0 Å². The van der Waals surface area contributed by atoms with Crippen molar-refractivity contribution < 1.29 is 19.0 Å². The van der Waals surface area contributed by atoms with E-state index in [4.69, 9.17) is 4.74 Å². The highest BCUT2D eigenvalue weighted by Gasteiger charge is 2.54. The van der Waals surface area contributed by atoms with Gasteiger partial charge in [-0.05, 0) is 32.2 Å². The summed E-state index contributed by atoms with van der Waals surface area (Å²) in [6.45, 7) is 2.36. The first-order chi connectivity index (χ1) is 9.66. The van der Waals surface area contributed by atoms with Gasteiger partial charge < -0.3 is 14.7 Å². The Morgan fingerprint density at radius 2 is 2.05 bits per heavy atom. The molecule has 1 amide bonds. The van der Waals surface area contributed by atoms with E-state index in [0.29, 0.717) is 6.42 Å². The second kappa shape index (κ2) is 5.48. The van der Waals surface area contributed by atoms with Gasteiger partial charge in [-0.1, -0.05) is 0 Å². The maximum atomic E-state index is 14.2. The Bertz CT molecular complexity index is 375. The zero-order valence-corrected chi connectivity index (χ0v) is 11.8. The molecule has 3 atom stereocenters. The Balaban J connectivity index is 1.58. The molecule has 3 heterocycles. The molecule has 20 heavy (non-hydrogen) atoms. The molecular weight excluding hydrogens is 263 g/mol. The second-order valence-electron chi connectivity index (χ2n) is 6.24. The Morgan fingerprint density at radius 1 is 1.30 bits per heavy atom. The molecule has 0 aromatic heterocycles. The van der Waals surface area contributed by atoms with Crippen LogP contribution < -0.4 is 0 Å². The van der Waals surface area contributed by atoms with Crippen molar-refractivity contribution in [2.24, 2.45) is 0 Å². The number of fused-ring (bicyclic) bond motifs is 1. The number of hydrogen-bond acceptors (Lipinski definition) is 4. The van der Waals surface area contributed by atoms with Crippen molar-refractivity contribution in [2.75, 3.05) is 32.8 Å². The average Bonchev–Trinajstić information content (AvgIpc) is 3.12. The van der Waals surface area contributed by atoms with Crippen LogP contribution in [0.25, 0.3) is 0 Å². The van der Waals surface area contributed by atoms with E-state index in [-0.39, 0.29) is 19.3 Å². The van der Waals surface area contributed by atoms with Crippen molar-refractivity contribution in [3.8, 4) is 0 Å². The minimum Gasteiger partial charge on any atom is -0.448 e. The fourth-order valence-corrected chi connectivity index (χ4v) is 3.97. The highest BCUT2D eigenvalue weighted by molar-refractivity contribution is 5.67. The molecule has 0 spiro atoms. The minimum absolute atomic E-state index is 0.00993. The van der Waals surface area contributed by atoms with E-state index in [1.165, 1.54) is 0 Å². The van der Waals surface area contributed by atoms with Crippen LogP contribution in [0.3, 0.4) is 0 Å². The minimum atomic E-state index is -1.02. The van der Waals surface area contributed by atoms with Crippen molar-refractivity contribution in [1.82, 2.24) is 9.80 Å². The van der Waals surface area contributed by atoms with E-state index < -0.39 is 17.8 Å². The van der Waals surface area contributed by atoms with Gasteiger partial charge in [-0.3, -0.25) is 4.90 Å². The lowest BCUT2D eigenvalue weighted by atomic mass is 9.95. The van der Waals surface area contributed by atoms with Gasteiger partial charge in [0.05, 0.1) is 12.6 Å². The smallest absolute Gasteiger partial charge is 0.409 e. The van der Waals surface area contributed by atoms with Gasteiger partial charge in [-0.15, -0.1) is 0 Å². The van der Waals surface area contributed by atoms with Crippen LogP contribution in [0.15, 0.2) is 0 Å². The van der Waals surface area contributed by atoms with Gasteiger partial charge in [0.1, 0.15) is 12.8 Å². The summed E-state index contributed by atoms with van der Waals surface area (Å²) in [7, 11) is 0. The fraction of sp³-hybridized carbons (Fsp3) is 0.929. The summed E-state index contributed by atoms with van der Waals surface area (Å²) in [6.07, 6.45) is 2.86. The SMILES string of the molecule is O=C(OCC1[C@H](F)C[C@@]2(CO)CCCN12)N1CCCC1. The number of aliphatic hydroxyl groups is 1. The van der Waals surface area contributed by atoms with Crippen LogP contribution >= 0.6 is 0 Å². The Morgan fingerprint density at radius 3 is 2.75 bits per heavy atom. The standard InChI is InChI=1S/C14H23FN2O3/c15-11-8-14(10-18)4-3-7-17(14)12(11)9-20-13(19)16-5-1-2-6-16/h11-12,18H,1-10H2/t11-,12?,14-/m1/s1. The van der Waals surface area contributed by atoms with Crippen LogP contribution in [0.2, 0.25) is 0 Å². The molecular formula is C14H23FN2O3. The van der Waals surface area contributed by atoms with Crippen LogP contribution in [0.5, 0.6) is 0 Å². The first-order valence-corrected chi connectivity index (χ1v) is 7.60. The van der Waals surface area contributed by atoms with Crippen molar-refractivity contribution in [3.05, 3.63) is 0 Å². The lowest BCUT2D eigenvalue weighted by Crippen LogP contribution is -2.47. The maximum absolute atomic E-state index is 14.2. The number of carbonyl (C=O) groups is 1. The van der Waals surface area contributed by atoms with Gasteiger partial charge >= 0.3 is 6.09 Å². The van der Waals surface area contributed by atoms with E-state index in [2.05, 4.69) is 0 Å². The third kappa shape index (κ3) is 2.29. The molecule has 3 saturated heterocycles. The number of halogens is 1. The third-order valence-corrected chi connectivity index (χ3v) is 5.08. The average molecular weight is 286 g/mol. The molecule has 3 aliphatic heterocycles. The number of likely N-dealkylation sites (tertiary alicyclic amines) is 1. The van der Waals surface area contributed by atoms with Gasteiger partial charge in [0.25, 0.3) is 0 Å². The number of amides is 1. The molecule has 0 saturated carbocycles. The molecule has 3 aliphatic rings. The summed E-state index contributed by atoms with van der Waals surface area (Å²) >= 11 is 0. The molecule has 5 nitrogen and oxygen atoms in total. The number of ether oxygens (including phenoxy) is 1. The predicted octanol–water partition coefficient (Wildman–Crippen LogP) is 1.16. The van der Waals surface area contributed by atoms with Gasteiger partial charge in [0.2, 0.25) is 0 Å². The fourth-order valence-electron chi connectivity index (χ4n) is 3.97. The van der Waals surface area contributed by atoms with Gasteiger partial charge in [-0.2, -0.15) is 0 Å². The largest absolute Gasteiger partial charge is 0.448 e. The van der Waals surface area contributed by atoms with Crippen LogP contribution in [0, 0.1) is 0 Å². The number of carbonyl (C=O) groups excluding carboxylic acids is 1. The Hall–Kier alpha value is -0.880. The topological polar surface area (TPSA) is 53.0 Å². The molecule has 0 radical (unpaired) electrons. The number of nitrogens with zero attached hydrogens (tertiary/aromatic N) is 2. The molecule has 1 unspecified atom stereocenters. The van der Waals surface area contributed by atoms with E-state index in [1.807, 2.05) is 4.90 Å². The molecule has 0 aromatic rings. The predicted molar refractivity (Wildman–Crippen MR) is 71.2 cm³/mol. The summed E-state index contributed by atoms with van der Waals surface area (Å²) in [4.78, 5) is 15.6. The summed E-state index contributed by atoms with van der Waals surface area (Å²) in [5.41, 5.74) is -0.413. The summed E-state index contributed by atoms with van der Waals surface area (Å²) in [5.74, 6) is 0. The Labute approximate surface area is 118 Å². The quantitative estimate of drug-likeness (QED) is 0.846.